The van der Waals surface area contributed by atoms with Crippen LogP contribution in [0.5, 0.6) is 0 Å². The zero-order valence-electron chi connectivity index (χ0n) is 12.3. The van der Waals surface area contributed by atoms with Crippen LogP contribution >= 0.6 is 0 Å². The maximum absolute atomic E-state index is 12.9. The number of ether oxygens (including phenoxy) is 1. The van der Waals surface area contributed by atoms with Crippen molar-refractivity contribution in [1.82, 2.24) is 8.61 Å². The van der Waals surface area contributed by atoms with Crippen molar-refractivity contribution in [2.24, 2.45) is 5.92 Å². The third-order valence-corrected chi connectivity index (χ3v) is 6.95. The molecule has 0 bridgehead atoms. The molecule has 0 N–H and O–H groups in total. The molecule has 3 rings (SSSR count). The van der Waals surface area contributed by atoms with Gasteiger partial charge in [-0.25, -0.2) is 0 Å². The van der Waals surface area contributed by atoms with Gasteiger partial charge in [-0.2, -0.15) is 17.0 Å². The molecule has 0 aromatic heterocycles. The first-order valence-electron chi connectivity index (χ1n) is 7.97. The molecule has 3 atom stereocenters. The number of morpholine rings is 1. The Morgan fingerprint density at radius 2 is 1.85 bits per heavy atom. The minimum Gasteiger partial charge on any atom is -0.375 e. The SMILES string of the molecule is C[C@@H]1CCCN(S(=O)(=O)N2CCO[C@H]3CCCC[C@@H]32)C1. The highest BCUT2D eigenvalue weighted by Gasteiger charge is 2.43. The molecule has 1 saturated carbocycles. The highest BCUT2D eigenvalue weighted by atomic mass is 32.2. The summed E-state index contributed by atoms with van der Waals surface area (Å²) in [7, 11) is -3.30. The maximum Gasteiger partial charge on any atom is 0.282 e. The molecule has 2 heterocycles. The molecular weight excluding hydrogens is 276 g/mol. The normalized spacial score (nSPS) is 37.5. The van der Waals surface area contributed by atoms with Crippen molar-refractivity contribution in [2.45, 2.75) is 57.6 Å². The van der Waals surface area contributed by atoms with Crippen molar-refractivity contribution >= 4 is 10.2 Å². The van der Waals surface area contributed by atoms with Gasteiger partial charge in [0.15, 0.2) is 0 Å². The van der Waals surface area contributed by atoms with Crippen molar-refractivity contribution in [3.8, 4) is 0 Å². The first-order chi connectivity index (χ1) is 9.59. The number of hydrogen-bond donors (Lipinski definition) is 0. The minimum absolute atomic E-state index is 0.0692. The Bertz CT molecular complexity index is 438. The van der Waals surface area contributed by atoms with Gasteiger partial charge in [0.25, 0.3) is 10.2 Å². The third-order valence-electron chi connectivity index (χ3n) is 4.92. The number of piperidine rings is 1. The first kappa shape index (κ1) is 14.8. The number of fused-ring (bicyclic) bond motifs is 1. The van der Waals surface area contributed by atoms with E-state index in [1.165, 1.54) is 0 Å². The van der Waals surface area contributed by atoms with Gasteiger partial charge in [-0.05, 0) is 31.6 Å². The standard InChI is InChI=1S/C14H26N2O3S/c1-12-5-4-8-15(11-12)20(17,18)16-9-10-19-14-7-3-2-6-13(14)16/h12-14H,2-11H2,1H3/t12-,13+,14+/m1/s1. The fourth-order valence-corrected chi connectivity index (χ4v) is 5.84. The molecule has 0 aromatic rings. The van der Waals surface area contributed by atoms with E-state index in [1.807, 2.05) is 0 Å². The average molecular weight is 302 g/mol. The number of nitrogens with zero attached hydrogens (tertiary/aromatic N) is 2. The summed E-state index contributed by atoms with van der Waals surface area (Å²) in [6.45, 7) is 4.57. The van der Waals surface area contributed by atoms with Gasteiger partial charge in [-0.1, -0.05) is 19.8 Å². The smallest absolute Gasteiger partial charge is 0.282 e. The predicted octanol–water partition coefficient (Wildman–Crippen LogP) is 1.61. The summed E-state index contributed by atoms with van der Waals surface area (Å²) >= 11 is 0. The van der Waals surface area contributed by atoms with Crippen LogP contribution in [-0.2, 0) is 14.9 Å². The van der Waals surface area contributed by atoms with Crippen molar-refractivity contribution < 1.29 is 13.2 Å². The second-order valence-corrected chi connectivity index (χ2v) is 8.37. The molecule has 0 unspecified atom stereocenters. The van der Waals surface area contributed by atoms with Crippen LogP contribution < -0.4 is 0 Å². The number of hydrogen-bond acceptors (Lipinski definition) is 3. The van der Waals surface area contributed by atoms with E-state index in [0.717, 1.165) is 38.5 Å². The summed E-state index contributed by atoms with van der Waals surface area (Å²) in [5.74, 6) is 0.474. The van der Waals surface area contributed by atoms with Crippen molar-refractivity contribution in [3.05, 3.63) is 0 Å². The second kappa shape index (κ2) is 5.91. The van der Waals surface area contributed by atoms with Crippen molar-refractivity contribution in [3.63, 3.8) is 0 Å². The quantitative estimate of drug-likeness (QED) is 0.778. The molecule has 2 aliphatic heterocycles. The molecule has 1 aliphatic carbocycles. The Kier molecular flexibility index (Phi) is 4.36. The van der Waals surface area contributed by atoms with Crippen LogP contribution in [0.1, 0.15) is 45.4 Å². The van der Waals surface area contributed by atoms with Gasteiger partial charge < -0.3 is 4.74 Å². The molecule has 0 spiro atoms. The van der Waals surface area contributed by atoms with Crippen LogP contribution in [0.4, 0.5) is 0 Å². The lowest BCUT2D eigenvalue weighted by Gasteiger charge is -2.45. The molecule has 5 nitrogen and oxygen atoms in total. The van der Waals surface area contributed by atoms with Crippen molar-refractivity contribution in [1.29, 1.82) is 0 Å². The van der Waals surface area contributed by atoms with E-state index in [2.05, 4.69) is 6.92 Å². The summed E-state index contributed by atoms with van der Waals surface area (Å²) in [4.78, 5) is 0. The third kappa shape index (κ3) is 2.75. The minimum atomic E-state index is -3.30. The molecular formula is C14H26N2O3S. The molecule has 20 heavy (non-hydrogen) atoms. The van der Waals surface area contributed by atoms with E-state index in [1.54, 1.807) is 8.61 Å². The topological polar surface area (TPSA) is 49.9 Å². The Morgan fingerprint density at radius 1 is 1.05 bits per heavy atom. The van der Waals surface area contributed by atoms with E-state index < -0.39 is 10.2 Å². The Balaban J connectivity index is 1.78. The largest absolute Gasteiger partial charge is 0.375 e. The first-order valence-corrected chi connectivity index (χ1v) is 9.37. The van der Waals surface area contributed by atoms with Gasteiger partial charge >= 0.3 is 0 Å². The molecule has 2 saturated heterocycles. The monoisotopic (exact) mass is 302 g/mol. The maximum atomic E-state index is 12.9. The summed E-state index contributed by atoms with van der Waals surface area (Å²) in [6, 6.07) is 0.0692. The van der Waals surface area contributed by atoms with Gasteiger partial charge in [-0.3, -0.25) is 0 Å². The van der Waals surface area contributed by atoms with E-state index in [-0.39, 0.29) is 12.1 Å². The zero-order valence-corrected chi connectivity index (χ0v) is 13.1. The van der Waals surface area contributed by atoms with Crippen LogP contribution in [0.3, 0.4) is 0 Å². The summed E-state index contributed by atoms with van der Waals surface area (Å²) < 4.78 is 35.1. The highest BCUT2D eigenvalue weighted by Crippen LogP contribution is 2.32. The van der Waals surface area contributed by atoms with Gasteiger partial charge in [0, 0.05) is 19.6 Å². The fraction of sp³-hybridized carbons (Fsp3) is 1.00. The fourth-order valence-electron chi connectivity index (χ4n) is 3.85. The molecule has 6 heteroatoms. The van der Waals surface area contributed by atoms with Crippen LogP contribution in [0.25, 0.3) is 0 Å². The van der Waals surface area contributed by atoms with Gasteiger partial charge in [0.05, 0.1) is 18.8 Å². The van der Waals surface area contributed by atoms with Gasteiger partial charge in [-0.15, -0.1) is 0 Å². The lowest BCUT2D eigenvalue weighted by atomic mass is 9.91. The zero-order chi connectivity index (χ0) is 14.2. The average Bonchev–Trinajstić information content (AvgIpc) is 2.46. The molecule has 0 amide bonds. The van der Waals surface area contributed by atoms with E-state index in [4.69, 9.17) is 4.74 Å². The summed E-state index contributed by atoms with van der Waals surface area (Å²) in [6.07, 6.45) is 6.48. The van der Waals surface area contributed by atoms with Crippen molar-refractivity contribution in [2.75, 3.05) is 26.2 Å². The lowest BCUT2D eigenvalue weighted by molar-refractivity contribution is -0.0605. The number of rotatable bonds is 2. The van der Waals surface area contributed by atoms with E-state index in [0.29, 0.717) is 32.2 Å². The second-order valence-electron chi connectivity index (χ2n) is 6.48. The Morgan fingerprint density at radius 3 is 2.65 bits per heavy atom. The van der Waals surface area contributed by atoms with Crippen LogP contribution in [0, 0.1) is 5.92 Å². The molecule has 3 aliphatic rings. The van der Waals surface area contributed by atoms with Crippen LogP contribution in [0.15, 0.2) is 0 Å². The van der Waals surface area contributed by atoms with Crippen LogP contribution in [0.2, 0.25) is 0 Å². The highest BCUT2D eigenvalue weighted by molar-refractivity contribution is 7.86. The van der Waals surface area contributed by atoms with Gasteiger partial charge in [0.1, 0.15) is 0 Å². The van der Waals surface area contributed by atoms with Gasteiger partial charge in [0.2, 0.25) is 0 Å². The molecule has 0 radical (unpaired) electrons. The Labute approximate surface area is 122 Å². The van der Waals surface area contributed by atoms with E-state index in [9.17, 15) is 8.42 Å². The summed E-state index contributed by atoms with van der Waals surface area (Å²) in [5, 5.41) is 0. The molecule has 116 valence electrons. The van der Waals surface area contributed by atoms with E-state index >= 15 is 0 Å². The van der Waals surface area contributed by atoms with Crippen LogP contribution in [-0.4, -0.2) is 55.4 Å². The lowest BCUT2D eigenvalue weighted by Crippen LogP contribution is -2.59. The Hall–Kier alpha value is -0.170. The molecule has 0 aromatic carbocycles. The summed E-state index contributed by atoms with van der Waals surface area (Å²) in [5.41, 5.74) is 0. The molecule has 3 fully saturated rings. The predicted molar refractivity (Wildman–Crippen MR) is 77.6 cm³/mol.